The topological polar surface area (TPSA) is 26.0 Å². The van der Waals surface area contributed by atoms with Crippen LogP contribution in [-0.2, 0) is 6.42 Å². The fraction of sp³-hybridized carbons (Fsp3) is 0.368. The summed E-state index contributed by atoms with van der Waals surface area (Å²) in [6, 6.07) is 11.2. The van der Waals surface area contributed by atoms with Crippen LogP contribution in [0.3, 0.4) is 0 Å². The average Bonchev–Trinajstić information content (AvgIpc) is 2.25. The molecular formula is C19H25N. The van der Waals surface area contributed by atoms with Gasteiger partial charge < -0.3 is 5.73 Å². The molecule has 0 amide bonds. The van der Waals surface area contributed by atoms with E-state index in [1.807, 2.05) is 0 Å². The van der Waals surface area contributed by atoms with Gasteiger partial charge in [0, 0.05) is 6.04 Å². The molecule has 0 bridgehead atoms. The second kappa shape index (κ2) is 5.80. The summed E-state index contributed by atoms with van der Waals surface area (Å²) in [5.41, 5.74) is 15.6. The SMILES string of the molecule is Cc1cc(C)cc(CC(N)c2c(C)cc(C)cc2C)c1. The second-order valence-corrected chi connectivity index (χ2v) is 6.12. The molecule has 0 fully saturated rings. The molecule has 0 aliphatic carbocycles. The number of aryl methyl sites for hydroxylation is 5. The molecule has 0 saturated carbocycles. The molecule has 0 aliphatic heterocycles. The molecule has 0 heterocycles. The monoisotopic (exact) mass is 267 g/mol. The van der Waals surface area contributed by atoms with Crippen molar-refractivity contribution in [2.24, 2.45) is 5.73 Å². The lowest BCUT2D eigenvalue weighted by Crippen LogP contribution is -2.16. The smallest absolute Gasteiger partial charge is 0.0341 e. The number of hydrogen-bond donors (Lipinski definition) is 1. The summed E-state index contributed by atoms with van der Waals surface area (Å²) in [4.78, 5) is 0. The largest absolute Gasteiger partial charge is 0.324 e. The summed E-state index contributed by atoms with van der Waals surface area (Å²) in [7, 11) is 0. The van der Waals surface area contributed by atoms with Gasteiger partial charge >= 0.3 is 0 Å². The van der Waals surface area contributed by atoms with Gasteiger partial charge in [-0.3, -0.25) is 0 Å². The van der Waals surface area contributed by atoms with Crippen LogP contribution >= 0.6 is 0 Å². The van der Waals surface area contributed by atoms with Crippen molar-refractivity contribution >= 4 is 0 Å². The van der Waals surface area contributed by atoms with Gasteiger partial charge in [0.2, 0.25) is 0 Å². The van der Waals surface area contributed by atoms with E-state index >= 15 is 0 Å². The number of rotatable bonds is 3. The van der Waals surface area contributed by atoms with Gasteiger partial charge in [-0.15, -0.1) is 0 Å². The van der Waals surface area contributed by atoms with Crippen LogP contribution in [0.2, 0.25) is 0 Å². The molecule has 0 spiro atoms. The van der Waals surface area contributed by atoms with Crippen LogP contribution in [0.25, 0.3) is 0 Å². The van der Waals surface area contributed by atoms with Gasteiger partial charge in [-0.25, -0.2) is 0 Å². The lowest BCUT2D eigenvalue weighted by Gasteiger charge is -2.19. The molecule has 0 aliphatic rings. The molecule has 106 valence electrons. The van der Waals surface area contributed by atoms with E-state index in [4.69, 9.17) is 5.73 Å². The predicted octanol–water partition coefficient (Wildman–Crippen LogP) is 4.47. The zero-order valence-electron chi connectivity index (χ0n) is 13.2. The maximum absolute atomic E-state index is 6.48. The average molecular weight is 267 g/mol. The number of hydrogen-bond acceptors (Lipinski definition) is 1. The van der Waals surface area contributed by atoms with Crippen LogP contribution in [0.5, 0.6) is 0 Å². The van der Waals surface area contributed by atoms with Gasteiger partial charge in [0.05, 0.1) is 0 Å². The summed E-state index contributed by atoms with van der Waals surface area (Å²) in [5.74, 6) is 0. The molecule has 0 saturated heterocycles. The van der Waals surface area contributed by atoms with Gasteiger partial charge in [0.25, 0.3) is 0 Å². The molecule has 2 aromatic carbocycles. The minimum Gasteiger partial charge on any atom is -0.324 e. The Bertz CT molecular complexity index is 582. The highest BCUT2D eigenvalue weighted by Crippen LogP contribution is 2.25. The third-order valence-corrected chi connectivity index (χ3v) is 3.85. The van der Waals surface area contributed by atoms with Crippen LogP contribution in [-0.4, -0.2) is 0 Å². The van der Waals surface area contributed by atoms with E-state index in [2.05, 4.69) is 65.0 Å². The van der Waals surface area contributed by atoms with E-state index in [-0.39, 0.29) is 6.04 Å². The summed E-state index contributed by atoms with van der Waals surface area (Å²) in [5, 5.41) is 0. The van der Waals surface area contributed by atoms with E-state index in [1.165, 1.54) is 38.9 Å². The highest BCUT2D eigenvalue weighted by atomic mass is 14.6. The van der Waals surface area contributed by atoms with E-state index in [0.29, 0.717) is 0 Å². The molecule has 1 atom stereocenters. The van der Waals surface area contributed by atoms with E-state index < -0.39 is 0 Å². The molecule has 0 radical (unpaired) electrons. The Morgan fingerprint density at radius 3 is 1.70 bits per heavy atom. The van der Waals surface area contributed by atoms with Crippen molar-refractivity contribution in [1.29, 1.82) is 0 Å². The lowest BCUT2D eigenvalue weighted by atomic mass is 9.90. The zero-order valence-corrected chi connectivity index (χ0v) is 13.2. The summed E-state index contributed by atoms with van der Waals surface area (Å²) >= 11 is 0. The van der Waals surface area contributed by atoms with Gasteiger partial charge in [-0.2, -0.15) is 0 Å². The third kappa shape index (κ3) is 3.29. The third-order valence-electron chi connectivity index (χ3n) is 3.85. The van der Waals surface area contributed by atoms with Crippen LogP contribution in [0.15, 0.2) is 30.3 Å². The maximum atomic E-state index is 6.48. The first kappa shape index (κ1) is 14.8. The van der Waals surface area contributed by atoms with Crippen molar-refractivity contribution in [2.45, 2.75) is 47.1 Å². The molecular weight excluding hydrogens is 242 g/mol. The molecule has 20 heavy (non-hydrogen) atoms. The highest BCUT2D eigenvalue weighted by molar-refractivity contribution is 5.40. The van der Waals surface area contributed by atoms with Crippen molar-refractivity contribution in [1.82, 2.24) is 0 Å². The van der Waals surface area contributed by atoms with Gasteiger partial charge in [0.1, 0.15) is 0 Å². The van der Waals surface area contributed by atoms with E-state index in [1.54, 1.807) is 0 Å². The van der Waals surface area contributed by atoms with E-state index in [9.17, 15) is 0 Å². The predicted molar refractivity (Wildman–Crippen MR) is 87.2 cm³/mol. The molecule has 1 heteroatoms. The van der Waals surface area contributed by atoms with Crippen molar-refractivity contribution in [3.05, 3.63) is 69.3 Å². The molecule has 1 unspecified atom stereocenters. The Balaban J connectivity index is 2.30. The molecule has 1 nitrogen and oxygen atoms in total. The lowest BCUT2D eigenvalue weighted by molar-refractivity contribution is 0.710. The summed E-state index contributed by atoms with van der Waals surface area (Å²) < 4.78 is 0. The Morgan fingerprint density at radius 2 is 1.20 bits per heavy atom. The number of benzene rings is 2. The van der Waals surface area contributed by atoms with Crippen molar-refractivity contribution in [3.8, 4) is 0 Å². The first-order valence-corrected chi connectivity index (χ1v) is 7.27. The highest BCUT2D eigenvalue weighted by Gasteiger charge is 2.13. The Hall–Kier alpha value is -1.60. The van der Waals surface area contributed by atoms with Crippen molar-refractivity contribution < 1.29 is 0 Å². The van der Waals surface area contributed by atoms with Crippen LogP contribution in [0.1, 0.15) is 45.0 Å². The molecule has 2 aromatic rings. The first-order chi connectivity index (χ1) is 9.36. The van der Waals surface area contributed by atoms with Crippen LogP contribution in [0.4, 0.5) is 0 Å². The Kier molecular flexibility index (Phi) is 4.29. The quantitative estimate of drug-likeness (QED) is 0.872. The fourth-order valence-corrected chi connectivity index (χ4v) is 3.32. The molecule has 2 rings (SSSR count). The first-order valence-electron chi connectivity index (χ1n) is 7.27. The standard InChI is InChI=1S/C19H25N/c1-12-6-13(2)10-17(9-12)11-18(20)19-15(4)7-14(3)8-16(19)5/h6-10,18H,11,20H2,1-5H3. The Morgan fingerprint density at radius 1 is 0.750 bits per heavy atom. The minimum absolute atomic E-state index is 0.0665. The second-order valence-electron chi connectivity index (χ2n) is 6.12. The summed E-state index contributed by atoms with van der Waals surface area (Å²) in [6.45, 7) is 10.8. The van der Waals surface area contributed by atoms with Crippen molar-refractivity contribution in [3.63, 3.8) is 0 Å². The fourth-order valence-electron chi connectivity index (χ4n) is 3.32. The van der Waals surface area contributed by atoms with Gasteiger partial charge in [0.15, 0.2) is 0 Å². The minimum atomic E-state index is 0.0665. The van der Waals surface area contributed by atoms with Gasteiger partial charge in [-0.1, -0.05) is 47.0 Å². The Labute approximate surface area is 122 Å². The molecule has 2 N–H and O–H groups in total. The zero-order chi connectivity index (χ0) is 14.9. The summed E-state index contributed by atoms with van der Waals surface area (Å²) in [6.07, 6.45) is 0.896. The van der Waals surface area contributed by atoms with Crippen LogP contribution in [0, 0.1) is 34.6 Å². The van der Waals surface area contributed by atoms with Crippen LogP contribution < -0.4 is 5.73 Å². The van der Waals surface area contributed by atoms with Gasteiger partial charge in [-0.05, 0) is 63.3 Å². The number of nitrogens with two attached hydrogens (primary N) is 1. The van der Waals surface area contributed by atoms with E-state index in [0.717, 1.165) is 6.42 Å². The maximum Gasteiger partial charge on any atom is 0.0341 e. The normalized spacial score (nSPS) is 12.5. The van der Waals surface area contributed by atoms with Crippen molar-refractivity contribution in [2.75, 3.05) is 0 Å². The molecule has 0 aromatic heterocycles.